The highest BCUT2D eigenvalue weighted by Gasteiger charge is 2.34. The van der Waals surface area contributed by atoms with E-state index in [-0.39, 0.29) is 12.4 Å². The smallest absolute Gasteiger partial charge is 0.302 e. The van der Waals surface area contributed by atoms with Gasteiger partial charge in [0.1, 0.15) is 24.3 Å². The number of carbonyl (C=O) groups excluding carboxylic acids is 2. The van der Waals surface area contributed by atoms with E-state index in [0.717, 1.165) is 15.0 Å². The van der Waals surface area contributed by atoms with Crippen LogP contribution in [-0.2, 0) is 30.2 Å². The predicted molar refractivity (Wildman–Crippen MR) is 127 cm³/mol. The lowest BCUT2D eigenvalue weighted by molar-refractivity contribution is -0.169. The molecule has 0 spiro atoms. The Hall–Kier alpha value is -2.97. The predicted octanol–water partition coefficient (Wildman–Crippen LogP) is 5.35. The fraction of sp³-hybridized carbons (Fsp3) is 0.385. The number of methoxy groups -OCH3 is 1. The molecule has 3 aromatic rings. The van der Waals surface area contributed by atoms with E-state index in [1.807, 2.05) is 24.3 Å². The highest BCUT2D eigenvalue weighted by molar-refractivity contribution is 7.19. The van der Waals surface area contributed by atoms with Crippen molar-refractivity contribution in [3.05, 3.63) is 64.3 Å². The van der Waals surface area contributed by atoms with Gasteiger partial charge in [0.2, 0.25) is 0 Å². The van der Waals surface area contributed by atoms with Gasteiger partial charge in [0.25, 0.3) is 0 Å². The van der Waals surface area contributed by atoms with Crippen LogP contribution >= 0.6 is 11.3 Å². The summed E-state index contributed by atoms with van der Waals surface area (Å²) in [6, 6.07) is 13.3. The number of hydrogen-bond acceptors (Lipinski definition) is 7. The molecule has 3 atom stereocenters. The Morgan fingerprint density at radius 2 is 1.91 bits per heavy atom. The quantitative estimate of drug-likeness (QED) is 0.419. The molecule has 0 saturated carbocycles. The summed E-state index contributed by atoms with van der Waals surface area (Å²) < 4.78 is 38.4. The van der Waals surface area contributed by atoms with E-state index in [0.29, 0.717) is 36.1 Å². The van der Waals surface area contributed by atoms with Crippen molar-refractivity contribution in [1.82, 2.24) is 0 Å². The van der Waals surface area contributed by atoms with Gasteiger partial charge in [-0.2, -0.15) is 0 Å². The van der Waals surface area contributed by atoms with Crippen LogP contribution in [0.25, 0.3) is 10.1 Å². The van der Waals surface area contributed by atoms with Gasteiger partial charge in [0, 0.05) is 54.3 Å². The number of fused-ring (bicyclic) bond motifs is 1. The normalized spacial score (nSPS) is 20.2. The zero-order chi connectivity index (χ0) is 24.2. The molecule has 180 valence electrons. The molecule has 1 fully saturated rings. The Morgan fingerprint density at radius 3 is 2.62 bits per heavy atom. The lowest BCUT2D eigenvalue weighted by Gasteiger charge is -2.35. The Labute approximate surface area is 201 Å². The second-order valence-electron chi connectivity index (χ2n) is 8.37. The van der Waals surface area contributed by atoms with Gasteiger partial charge in [-0.1, -0.05) is 18.2 Å². The second-order valence-corrected chi connectivity index (χ2v) is 9.53. The van der Waals surface area contributed by atoms with Gasteiger partial charge < -0.3 is 18.9 Å². The molecule has 0 amide bonds. The first-order chi connectivity index (χ1) is 16.3. The molecule has 4 rings (SSSR count). The van der Waals surface area contributed by atoms with Crippen molar-refractivity contribution in [2.45, 2.75) is 51.4 Å². The van der Waals surface area contributed by atoms with E-state index in [1.54, 1.807) is 17.4 Å². The van der Waals surface area contributed by atoms with Crippen LogP contribution < -0.4 is 4.74 Å². The van der Waals surface area contributed by atoms with E-state index in [2.05, 4.69) is 6.07 Å². The number of benzene rings is 2. The zero-order valence-electron chi connectivity index (χ0n) is 19.3. The van der Waals surface area contributed by atoms with Gasteiger partial charge in [-0.25, -0.2) is 4.39 Å². The summed E-state index contributed by atoms with van der Waals surface area (Å²) in [7, 11) is 1.48. The van der Waals surface area contributed by atoms with E-state index in [4.69, 9.17) is 18.9 Å². The van der Waals surface area contributed by atoms with Gasteiger partial charge in [0.15, 0.2) is 0 Å². The maximum absolute atomic E-state index is 15.0. The second kappa shape index (κ2) is 10.5. The molecule has 0 aliphatic carbocycles. The Morgan fingerprint density at radius 1 is 1.12 bits per heavy atom. The first kappa shape index (κ1) is 24.2. The number of rotatable bonds is 7. The molecule has 1 aromatic heterocycles. The van der Waals surface area contributed by atoms with Crippen LogP contribution in [0, 0.1) is 5.82 Å². The molecule has 2 heterocycles. The van der Waals surface area contributed by atoms with Crippen molar-refractivity contribution in [3.8, 4) is 5.75 Å². The summed E-state index contributed by atoms with van der Waals surface area (Å²) in [6.07, 6.45) is -0.179. The van der Waals surface area contributed by atoms with Crippen molar-refractivity contribution >= 4 is 33.4 Å². The molecular weight excluding hydrogens is 459 g/mol. The molecule has 34 heavy (non-hydrogen) atoms. The lowest BCUT2D eigenvalue weighted by Crippen LogP contribution is -2.37. The van der Waals surface area contributed by atoms with Crippen molar-refractivity contribution in [1.29, 1.82) is 0 Å². The number of halogens is 1. The number of esters is 2. The van der Waals surface area contributed by atoms with Gasteiger partial charge in [-0.3, -0.25) is 9.59 Å². The lowest BCUT2D eigenvalue weighted by atomic mass is 9.93. The molecule has 1 aliphatic heterocycles. The van der Waals surface area contributed by atoms with E-state index in [1.165, 1.54) is 27.0 Å². The third kappa shape index (κ3) is 5.74. The molecule has 1 saturated heterocycles. The van der Waals surface area contributed by atoms with Gasteiger partial charge in [-0.15, -0.1) is 11.3 Å². The Bertz CT molecular complexity index is 1160. The Balaban J connectivity index is 1.63. The van der Waals surface area contributed by atoms with Crippen molar-refractivity contribution in [2.75, 3.05) is 13.7 Å². The minimum atomic E-state index is -0.518. The van der Waals surface area contributed by atoms with E-state index >= 15 is 4.39 Å². The summed E-state index contributed by atoms with van der Waals surface area (Å²) in [6.45, 7) is 2.72. The highest BCUT2D eigenvalue weighted by atomic mass is 32.1. The number of ether oxygens (including phenoxy) is 4. The maximum atomic E-state index is 15.0. The first-order valence-corrected chi connectivity index (χ1v) is 11.9. The molecule has 2 aromatic carbocycles. The highest BCUT2D eigenvalue weighted by Crippen LogP contribution is 2.39. The van der Waals surface area contributed by atoms with Gasteiger partial charge in [-0.05, 0) is 29.1 Å². The van der Waals surface area contributed by atoms with Crippen LogP contribution in [0.1, 0.15) is 48.8 Å². The number of hydrogen-bond donors (Lipinski definition) is 0. The van der Waals surface area contributed by atoms with Crippen LogP contribution in [0.15, 0.2) is 42.5 Å². The van der Waals surface area contributed by atoms with Crippen LogP contribution in [0.5, 0.6) is 5.75 Å². The monoisotopic (exact) mass is 486 g/mol. The molecule has 2 unspecified atom stereocenters. The standard InChI is InChI=1S/C26H27FO6S/c1-15(28)31-14-20-11-19(32-16(2)29)12-25(33-20)22-10-18(23(27)13-24(22)30-3)9-21-8-17-6-4-5-7-26(17)34-21/h4-8,10,13,19-20,25H,9,11-12,14H2,1-3H3/t19-,20?,25?/m0/s1. The largest absolute Gasteiger partial charge is 0.496 e. The van der Waals surface area contributed by atoms with Gasteiger partial charge >= 0.3 is 11.9 Å². The van der Waals surface area contributed by atoms with Gasteiger partial charge in [0.05, 0.1) is 19.3 Å². The van der Waals surface area contributed by atoms with Crippen LogP contribution in [0.2, 0.25) is 0 Å². The molecule has 0 N–H and O–H groups in total. The summed E-state index contributed by atoms with van der Waals surface area (Å²) in [5.41, 5.74) is 1.20. The SMILES string of the molecule is COc1cc(F)c(Cc2cc3ccccc3s2)cc1C1C[C@@H](OC(C)=O)CC(COC(C)=O)O1. The minimum Gasteiger partial charge on any atom is -0.496 e. The van der Waals surface area contributed by atoms with E-state index in [9.17, 15) is 9.59 Å². The topological polar surface area (TPSA) is 71.1 Å². The maximum Gasteiger partial charge on any atom is 0.302 e. The average Bonchev–Trinajstić information content (AvgIpc) is 3.20. The molecule has 0 bridgehead atoms. The van der Waals surface area contributed by atoms with Crippen molar-refractivity contribution < 1.29 is 32.9 Å². The fourth-order valence-electron chi connectivity index (χ4n) is 4.31. The molecule has 0 radical (unpaired) electrons. The molecule has 8 heteroatoms. The summed E-state index contributed by atoms with van der Waals surface area (Å²) in [4.78, 5) is 23.9. The van der Waals surface area contributed by atoms with E-state index < -0.39 is 30.3 Å². The number of carbonyl (C=O) groups is 2. The number of thiophene rings is 1. The Kier molecular flexibility index (Phi) is 7.48. The third-order valence-electron chi connectivity index (χ3n) is 5.75. The first-order valence-electron chi connectivity index (χ1n) is 11.1. The fourth-order valence-corrected chi connectivity index (χ4v) is 5.40. The average molecular weight is 487 g/mol. The third-order valence-corrected chi connectivity index (χ3v) is 6.87. The molecular formula is C26H27FO6S. The van der Waals surface area contributed by atoms with Crippen LogP contribution in [0.3, 0.4) is 0 Å². The summed E-state index contributed by atoms with van der Waals surface area (Å²) in [5, 5.41) is 1.13. The van der Waals surface area contributed by atoms with Crippen LogP contribution in [0.4, 0.5) is 4.39 Å². The van der Waals surface area contributed by atoms with Crippen molar-refractivity contribution in [2.24, 2.45) is 0 Å². The minimum absolute atomic E-state index is 0.0434. The zero-order valence-corrected chi connectivity index (χ0v) is 20.2. The molecule has 1 aliphatic rings. The summed E-state index contributed by atoms with van der Waals surface area (Å²) in [5.74, 6) is -0.813. The molecule has 6 nitrogen and oxygen atoms in total. The van der Waals surface area contributed by atoms with Crippen LogP contribution in [-0.4, -0.2) is 37.9 Å². The summed E-state index contributed by atoms with van der Waals surface area (Å²) >= 11 is 1.63. The van der Waals surface area contributed by atoms with Crippen molar-refractivity contribution in [3.63, 3.8) is 0 Å².